The first-order valence-corrected chi connectivity index (χ1v) is 14.6. The monoisotopic (exact) mass is 539 g/mol. The predicted molar refractivity (Wildman–Crippen MR) is 145 cm³/mol. The fourth-order valence-corrected chi connectivity index (χ4v) is 5.22. The molecule has 3 aromatic heterocycles. The van der Waals surface area contributed by atoms with Gasteiger partial charge in [0.15, 0.2) is 5.82 Å². The lowest BCUT2D eigenvalue weighted by Gasteiger charge is -2.16. The molecule has 1 aliphatic heterocycles. The molecule has 5 rings (SSSR count). The molecule has 10 nitrogen and oxygen atoms in total. The quantitative estimate of drug-likeness (QED) is 0.375. The van der Waals surface area contributed by atoms with Crippen molar-refractivity contribution >= 4 is 38.3 Å². The van der Waals surface area contributed by atoms with Crippen LogP contribution < -0.4 is 10.1 Å². The number of hydrogen-bond donors (Lipinski definition) is 1. The Balaban J connectivity index is 1.64. The first-order valence-electron chi connectivity index (χ1n) is 12.3. The Morgan fingerprint density at radius 2 is 2.00 bits per heavy atom. The minimum atomic E-state index is -2.58. The van der Waals surface area contributed by atoms with Crippen LogP contribution in [-0.2, 0) is 23.3 Å². The fraction of sp³-hybridized carbons (Fsp3) is 0.385. The van der Waals surface area contributed by atoms with E-state index in [4.69, 9.17) is 4.74 Å². The summed E-state index contributed by atoms with van der Waals surface area (Å²) >= 11 is 0. The first kappa shape index (κ1) is 25.8. The largest absolute Gasteiger partial charge is 0.477 e. The molecule has 0 unspecified atom stereocenters. The number of carbonyl (C=O) groups excluding carboxylic acids is 1. The number of nitrogens with one attached hydrogen (secondary N) is 1. The number of carbonyl (C=O) groups is 1. The highest BCUT2D eigenvalue weighted by molar-refractivity contribution is 7.92. The number of ether oxygens (including phenoxy) is 1. The van der Waals surface area contributed by atoms with E-state index in [0.717, 1.165) is 12.8 Å². The lowest BCUT2D eigenvalue weighted by molar-refractivity contribution is 0.102. The fourth-order valence-electron chi connectivity index (χ4n) is 4.61. The number of benzene rings is 1. The van der Waals surface area contributed by atoms with E-state index < -0.39 is 15.5 Å². The van der Waals surface area contributed by atoms with Crippen molar-refractivity contribution in [2.45, 2.75) is 33.2 Å². The zero-order valence-electron chi connectivity index (χ0n) is 22.0. The van der Waals surface area contributed by atoms with Crippen LogP contribution in [0.15, 0.2) is 34.8 Å². The molecule has 12 heteroatoms. The number of nitrogens with zero attached hydrogens (tertiary/aromatic N) is 6. The molecule has 1 N–H and O–H groups in total. The maximum absolute atomic E-state index is 14.8. The van der Waals surface area contributed by atoms with E-state index in [1.165, 1.54) is 18.6 Å². The average Bonchev–Trinajstić information content (AvgIpc) is 3.34. The second-order valence-electron chi connectivity index (χ2n) is 10.0. The highest BCUT2D eigenvalue weighted by Crippen LogP contribution is 2.32. The molecule has 4 heterocycles. The van der Waals surface area contributed by atoms with Gasteiger partial charge in [-0.1, -0.05) is 6.92 Å². The number of anilines is 1. The highest BCUT2D eigenvalue weighted by Gasteiger charge is 2.21. The van der Waals surface area contributed by atoms with Crippen molar-refractivity contribution in [2.75, 3.05) is 24.4 Å². The molecule has 0 radical (unpaired) electrons. The molecule has 0 fully saturated rings. The van der Waals surface area contributed by atoms with E-state index >= 15 is 0 Å². The minimum absolute atomic E-state index is 0.000699. The molecule has 200 valence electrons. The molecular weight excluding hydrogens is 509 g/mol. The van der Waals surface area contributed by atoms with Gasteiger partial charge in [-0.3, -0.25) is 15.1 Å². The molecule has 2 bridgehead atoms. The van der Waals surface area contributed by atoms with Crippen LogP contribution in [0.2, 0.25) is 0 Å². The van der Waals surface area contributed by atoms with Gasteiger partial charge < -0.3 is 9.30 Å². The van der Waals surface area contributed by atoms with E-state index in [2.05, 4.69) is 31.7 Å². The number of aromatic nitrogens is 5. The Morgan fingerprint density at radius 1 is 1.21 bits per heavy atom. The van der Waals surface area contributed by atoms with Gasteiger partial charge in [-0.15, -0.1) is 0 Å². The minimum Gasteiger partial charge on any atom is -0.477 e. The van der Waals surface area contributed by atoms with Crippen LogP contribution in [0.5, 0.6) is 5.88 Å². The third kappa shape index (κ3) is 5.26. The normalized spacial score (nSPS) is 16.6. The van der Waals surface area contributed by atoms with Crippen molar-refractivity contribution in [3.8, 4) is 17.1 Å². The van der Waals surface area contributed by atoms with E-state index in [1.54, 1.807) is 29.1 Å². The van der Waals surface area contributed by atoms with Crippen LogP contribution in [0.4, 0.5) is 16.0 Å². The maximum atomic E-state index is 14.8. The van der Waals surface area contributed by atoms with Crippen molar-refractivity contribution in [1.29, 1.82) is 0 Å². The van der Waals surface area contributed by atoms with Gasteiger partial charge in [0.1, 0.15) is 5.69 Å². The van der Waals surface area contributed by atoms with Gasteiger partial charge in [0.2, 0.25) is 11.8 Å². The number of fused-ring (bicyclic) bond motifs is 7. The Labute approximate surface area is 220 Å². The molecule has 0 saturated carbocycles. The smallest absolute Gasteiger partial charge is 0.258 e. The summed E-state index contributed by atoms with van der Waals surface area (Å²) < 4.78 is 40.8. The van der Waals surface area contributed by atoms with Gasteiger partial charge in [0.05, 0.1) is 35.1 Å². The Morgan fingerprint density at radius 3 is 2.76 bits per heavy atom. The van der Waals surface area contributed by atoms with Crippen LogP contribution in [0, 0.1) is 18.7 Å². The summed E-state index contributed by atoms with van der Waals surface area (Å²) in [5.74, 6) is 0.0758. The van der Waals surface area contributed by atoms with E-state index in [-0.39, 0.29) is 17.5 Å². The van der Waals surface area contributed by atoms with E-state index in [0.29, 0.717) is 58.5 Å². The second-order valence-corrected chi connectivity index (χ2v) is 12.6. The van der Waals surface area contributed by atoms with Gasteiger partial charge in [-0.05, 0) is 43.9 Å². The van der Waals surface area contributed by atoms with Crippen molar-refractivity contribution in [1.82, 2.24) is 24.3 Å². The SMILES string of the molecule is Cc1cc2cc(n1)-c1cnn(C)c1OCCC[C@@H](C)Cn1c(nc3cc(F)c(N=S(C)(C)=O)cc31)NC2=O. The molecule has 0 spiro atoms. The summed E-state index contributed by atoms with van der Waals surface area (Å²) in [5, 5.41) is 7.25. The lowest BCUT2D eigenvalue weighted by Crippen LogP contribution is -2.18. The van der Waals surface area contributed by atoms with Gasteiger partial charge in [-0.25, -0.2) is 18.3 Å². The van der Waals surface area contributed by atoms with Crippen LogP contribution in [0.3, 0.4) is 0 Å². The van der Waals surface area contributed by atoms with Crippen LogP contribution >= 0.6 is 0 Å². The second kappa shape index (κ2) is 9.82. The average molecular weight is 540 g/mol. The number of hydrogen-bond acceptors (Lipinski definition) is 7. The van der Waals surface area contributed by atoms with Crippen LogP contribution in [0.25, 0.3) is 22.3 Å². The summed E-state index contributed by atoms with van der Waals surface area (Å²) in [6.45, 7) is 4.92. The molecule has 1 aliphatic rings. The summed E-state index contributed by atoms with van der Waals surface area (Å²) in [7, 11) is -0.773. The molecule has 0 aliphatic carbocycles. The first-order chi connectivity index (χ1) is 18.0. The number of aryl methyl sites for hydroxylation is 2. The zero-order valence-corrected chi connectivity index (χ0v) is 22.8. The van der Waals surface area contributed by atoms with Crippen molar-refractivity contribution in [3.05, 3.63) is 47.5 Å². The highest BCUT2D eigenvalue weighted by atomic mass is 32.2. The van der Waals surface area contributed by atoms with Gasteiger partial charge >= 0.3 is 0 Å². The summed E-state index contributed by atoms with van der Waals surface area (Å²) in [4.78, 5) is 22.6. The molecule has 0 saturated heterocycles. The van der Waals surface area contributed by atoms with Crippen molar-refractivity contribution in [3.63, 3.8) is 0 Å². The van der Waals surface area contributed by atoms with Crippen molar-refractivity contribution < 1.29 is 18.1 Å². The maximum Gasteiger partial charge on any atom is 0.258 e. The number of imidazole rings is 1. The Kier molecular flexibility index (Phi) is 6.68. The Hall–Kier alpha value is -3.80. The standard InChI is InChI=1S/C26H30FN7O3S/c1-15-7-6-8-37-25-18(13-28-33(25)3)20-10-17(9-16(2)29-20)24(35)31-26-30-22-11-19(27)21(32-38(4,5)36)12-23(22)34(26)14-15/h9-13,15H,6-8,14H2,1-5H3,(H,30,31,35)/t15-/m1/s1. The summed E-state index contributed by atoms with van der Waals surface area (Å²) in [5.41, 5.74) is 3.30. The number of halogens is 1. The topological polar surface area (TPSA) is 116 Å². The predicted octanol–water partition coefficient (Wildman–Crippen LogP) is 4.70. The van der Waals surface area contributed by atoms with Gasteiger partial charge in [0, 0.05) is 53.2 Å². The molecule has 38 heavy (non-hydrogen) atoms. The summed E-state index contributed by atoms with van der Waals surface area (Å²) in [6.07, 6.45) is 6.21. The third-order valence-electron chi connectivity index (χ3n) is 6.31. The van der Waals surface area contributed by atoms with Gasteiger partial charge in [-0.2, -0.15) is 9.46 Å². The van der Waals surface area contributed by atoms with Crippen LogP contribution in [0.1, 0.15) is 35.8 Å². The van der Waals surface area contributed by atoms with Crippen molar-refractivity contribution in [2.24, 2.45) is 17.3 Å². The molecule has 1 aromatic carbocycles. The van der Waals surface area contributed by atoms with E-state index in [9.17, 15) is 13.4 Å². The lowest BCUT2D eigenvalue weighted by atomic mass is 10.1. The van der Waals surface area contributed by atoms with E-state index in [1.807, 2.05) is 18.5 Å². The van der Waals surface area contributed by atoms with Gasteiger partial charge in [0.25, 0.3) is 5.91 Å². The number of pyridine rings is 1. The zero-order chi connectivity index (χ0) is 27.2. The number of amides is 1. The van der Waals surface area contributed by atoms with Crippen LogP contribution in [-0.4, -0.2) is 53.6 Å². The summed E-state index contributed by atoms with van der Waals surface area (Å²) in [6, 6.07) is 6.19. The molecule has 1 amide bonds. The number of rotatable bonds is 1. The molecule has 1 atom stereocenters. The molecule has 4 aromatic rings. The molecular formula is C26H30FN7O3S. The third-order valence-corrected chi connectivity index (χ3v) is 6.95. The Bertz CT molecular complexity index is 1680.